The number of halogens is 1. The van der Waals surface area contributed by atoms with Crippen LogP contribution >= 0.6 is 12.4 Å². The number of nitrogens with zero attached hydrogens (tertiary/aromatic N) is 1. The molecule has 0 aliphatic carbocycles. The highest BCUT2D eigenvalue weighted by atomic mass is 35.5. The summed E-state index contributed by atoms with van der Waals surface area (Å²) in [4.78, 5) is 31.5. The van der Waals surface area contributed by atoms with E-state index in [9.17, 15) is 9.59 Å². The van der Waals surface area contributed by atoms with E-state index in [-0.39, 0.29) is 29.9 Å². The van der Waals surface area contributed by atoms with E-state index in [0.717, 1.165) is 13.0 Å². The summed E-state index contributed by atoms with van der Waals surface area (Å²) in [5, 5.41) is 8.63. The van der Waals surface area contributed by atoms with Gasteiger partial charge in [-0.15, -0.1) is 12.4 Å². The fourth-order valence-corrected chi connectivity index (χ4v) is 3.47. The van der Waals surface area contributed by atoms with Crippen molar-refractivity contribution in [1.29, 1.82) is 0 Å². The van der Waals surface area contributed by atoms with Crippen molar-refractivity contribution in [1.82, 2.24) is 15.9 Å². The average Bonchev–Trinajstić information content (AvgIpc) is 2.72. The highest BCUT2D eigenvalue weighted by Crippen LogP contribution is 2.25. The van der Waals surface area contributed by atoms with E-state index in [1.165, 1.54) is 35.4 Å². The Bertz CT molecular complexity index is 842. The number of hydrogen-bond donors (Lipinski definition) is 3. The van der Waals surface area contributed by atoms with Crippen molar-refractivity contribution in [3.63, 3.8) is 0 Å². The molecule has 3 rings (SSSR count). The zero-order valence-electron chi connectivity index (χ0n) is 16.4. The van der Waals surface area contributed by atoms with Gasteiger partial charge in [-0.3, -0.25) is 24.5 Å². The quantitative estimate of drug-likeness (QED) is 0.494. The van der Waals surface area contributed by atoms with E-state index in [2.05, 4.69) is 42.4 Å². The predicted molar refractivity (Wildman–Crippen MR) is 111 cm³/mol. The van der Waals surface area contributed by atoms with Crippen LogP contribution in [0.4, 0.5) is 0 Å². The van der Waals surface area contributed by atoms with Crippen LogP contribution in [0.2, 0.25) is 0 Å². The maximum Gasteiger partial charge on any atom is 0.274 e. The number of carbonyl (C=O) groups is 2. The van der Waals surface area contributed by atoms with Gasteiger partial charge in [-0.2, -0.15) is 0 Å². The minimum absolute atomic E-state index is 0. The van der Waals surface area contributed by atoms with Crippen molar-refractivity contribution < 1.29 is 19.6 Å². The Kier molecular flexibility index (Phi) is 8.16. The second kappa shape index (κ2) is 10.4. The molecule has 2 amide bonds. The Hall–Kier alpha value is -2.45. The Balaban J connectivity index is 0.00000300. The van der Waals surface area contributed by atoms with Crippen molar-refractivity contribution in [3.8, 4) is 0 Å². The maximum absolute atomic E-state index is 12.3. The number of rotatable bonds is 6. The van der Waals surface area contributed by atoms with Gasteiger partial charge in [0.2, 0.25) is 0 Å². The van der Waals surface area contributed by atoms with Crippen LogP contribution in [-0.4, -0.2) is 40.6 Å². The van der Waals surface area contributed by atoms with Crippen LogP contribution in [-0.2, 0) is 17.8 Å². The summed E-state index contributed by atoms with van der Waals surface area (Å²) in [6.07, 6.45) is 0.870. The summed E-state index contributed by atoms with van der Waals surface area (Å²) < 4.78 is 0. The standard InChI is InChI=1S/C21H25N3O4.ClH/c1-14(2)24-12-18-6-4-3-5-17(18)11-19(24)13-28-23-21(26)16-9-7-15(8-10-16)20(25)22-27;/h3-10,14,19,27H,11-13H2,1-2H3,(H,22,25)(H,23,26);1H. The molecule has 0 radical (unpaired) electrons. The lowest BCUT2D eigenvalue weighted by Crippen LogP contribution is -2.47. The van der Waals surface area contributed by atoms with Gasteiger partial charge >= 0.3 is 0 Å². The van der Waals surface area contributed by atoms with Crippen LogP contribution < -0.4 is 11.0 Å². The minimum Gasteiger partial charge on any atom is -0.291 e. The number of hydroxylamine groups is 2. The zero-order chi connectivity index (χ0) is 20.1. The SMILES string of the molecule is CC(C)N1Cc2ccccc2CC1CONC(=O)c1ccc(C(=O)NO)cc1.Cl. The van der Waals surface area contributed by atoms with E-state index < -0.39 is 5.91 Å². The molecule has 3 N–H and O–H groups in total. The first-order valence-corrected chi connectivity index (χ1v) is 9.28. The van der Waals surface area contributed by atoms with E-state index in [0.29, 0.717) is 18.2 Å². The third kappa shape index (κ3) is 5.55. The molecular weight excluding hydrogens is 394 g/mol. The molecule has 2 aromatic rings. The minimum atomic E-state index is -0.630. The largest absolute Gasteiger partial charge is 0.291 e. The molecule has 0 spiro atoms. The van der Waals surface area contributed by atoms with Gasteiger partial charge in [0.1, 0.15) is 0 Å². The Morgan fingerprint density at radius 2 is 1.66 bits per heavy atom. The van der Waals surface area contributed by atoms with E-state index >= 15 is 0 Å². The lowest BCUT2D eigenvalue weighted by atomic mass is 9.93. The van der Waals surface area contributed by atoms with Gasteiger partial charge < -0.3 is 0 Å². The van der Waals surface area contributed by atoms with Crippen LogP contribution in [0.25, 0.3) is 0 Å². The van der Waals surface area contributed by atoms with Crippen LogP contribution in [0.3, 0.4) is 0 Å². The average molecular weight is 420 g/mol. The lowest BCUT2D eigenvalue weighted by Gasteiger charge is -2.39. The fraction of sp³-hybridized carbons (Fsp3) is 0.333. The van der Waals surface area contributed by atoms with Gasteiger partial charge in [0.05, 0.1) is 6.61 Å². The summed E-state index contributed by atoms with van der Waals surface area (Å²) in [5.74, 6) is -1.02. The predicted octanol–water partition coefficient (Wildman–Crippen LogP) is 2.72. The molecule has 0 fully saturated rings. The van der Waals surface area contributed by atoms with Gasteiger partial charge in [0, 0.05) is 29.8 Å². The molecule has 8 heteroatoms. The first-order valence-electron chi connectivity index (χ1n) is 9.28. The molecule has 29 heavy (non-hydrogen) atoms. The molecule has 0 aromatic heterocycles. The number of benzene rings is 2. The molecule has 0 saturated heterocycles. The van der Waals surface area contributed by atoms with Crippen LogP contribution in [0.15, 0.2) is 48.5 Å². The number of amides is 2. The van der Waals surface area contributed by atoms with Crippen LogP contribution in [0.5, 0.6) is 0 Å². The molecule has 1 aliphatic rings. The molecule has 1 aliphatic heterocycles. The van der Waals surface area contributed by atoms with Gasteiger partial charge in [0.15, 0.2) is 0 Å². The fourth-order valence-electron chi connectivity index (χ4n) is 3.47. The summed E-state index contributed by atoms with van der Waals surface area (Å²) in [5.41, 5.74) is 7.30. The highest BCUT2D eigenvalue weighted by Gasteiger charge is 2.28. The highest BCUT2D eigenvalue weighted by molar-refractivity contribution is 5.97. The second-order valence-electron chi connectivity index (χ2n) is 7.15. The van der Waals surface area contributed by atoms with Crippen molar-refractivity contribution >= 4 is 24.2 Å². The second-order valence-corrected chi connectivity index (χ2v) is 7.15. The number of fused-ring (bicyclic) bond motifs is 1. The van der Waals surface area contributed by atoms with Gasteiger partial charge in [0.25, 0.3) is 11.8 Å². The van der Waals surface area contributed by atoms with Gasteiger partial charge in [-0.05, 0) is 55.7 Å². The normalized spacial score (nSPS) is 15.9. The third-order valence-corrected chi connectivity index (χ3v) is 5.01. The van der Waals surface area contributed by atoms with Crippen LogP contribution in [0.1, 0.15) is 45.7 Å². The first kappa shape index (κ1) is 22.8. The van der Waals surface area contributed by atoms with E-state index in [1.807, 2.05) is 6.07 Å². The summed E-state index contributed by atoms with van der Waals surface area (Å²) >= 11 is 0. The summed E-state index contributed by atoms with van der Waals surface area (Å²) in [6.45, 7) is 5.56. The molecule has 0 saturated carbocycles. The molecule has 2 aromatic carbocycles. The maximum atomic E-state index is 12.3. The first-order chi connectivity index (χ1) is 13.5. The Labute approximate surface area is 176 Å². The van der Waals surface area contributed by atoms with E-state index in [4.69, 9.17) is 10.0 Å². The zero-order valence-corrected chi connectivity index (χ0v) is 17.2. The number of hydrogen-bond acceptors (Lipinski definition) is 5. The monoisotopic (exact) mass is 419 g/mol. The van der Waals surface area contributed by atoms with Crippen molar-refractivity contribution in [2.24, 2.45) is 0 Å². The third-order valence-electron chi connectivity index (χ3n) is 5.01. The van der Waals surface area contributed by atoms with Crippen molar-refractivity contribution in [3.05, 3.63) is 70.8 Å². The van der Waals surface area contributed by atoms with Gasteiger partial charge in [-0.25, -0.2) is 11.0 Å². The van der Waals surface area contributed by atoms with Crippen molar-refractivity contribution in [2.45, 2.75) is 38.9 Å². The topological polar surface area (TPSA) is 90.9 Å². The van der Waals surface area contributed by atoms with Crippen molar-refractivity contribution in [2.75, 3.05) is 6.61 Å². The smallest absolute Gasteiger partial charge is 0.274 e. The number of carbonyl (C=O) groups excluding carboxylic acids is 2. The molecule has 1 heterocycles. The van der Waals surface area contributed by atoms with Gasteiger partial charge in [-0.1, -0.05) is 24.3 Å². The molecule has 1 unspecified atom stereocenters. The molecule has 1 atom stereocenters. The lowest BCUT2D eigenvalue weighted by molar-refractivity contribution is -0.0105. The Morgan fingerprint density at radius 1 is 1.07 bits per heavy atom. The summed E-state index contributed by atoms with van der Waals surface area (Å²) in [6, 6.07) is 14.9. The molecule has 156 valence electrons. The summed E-state index contributed by atoms with van der Waals surface area (Å²) in [7, 11) is 0. The number of nitrogens with one attached hydrogen (secondary N) is 2. The molecular formula is C21H26ClN3O4. The molecule has 7 nitrogen and oxygen atoms in total. The Morgan fingerprint density at radius 3 is 2.24 bits per heavy atom. The van der Waals surface area contributed by atoms with Crippen LogP contribution in [0, 0.1) is 0 Å². The molecule has 0 bridgehead atoms. The van der Waals surface area contributed by atoms with E-state index in [1.54, 1.807) is 5.48 Å².